The number of nitrogens with one attached hydrogen (secondary N) is 1. The van der Waals surface area contributed by atoms with Crippen molar-refractivity contribution in [1.82, 2.24) is 19.6 Å². The molecule has 2 aliphatic heterocycles. The van der Waals surface area contributed by atoms with E-state index in [2.05, 4.69) is 34.1 Å². The van der Waals surface area contributed by atoms with Crippen LogP contribution in [0.4, 0.5) is 5.82 Å². The van der Waals surface area contributed by atoms with Gasteiger partial charge in [0.1, 0.15) is 5.82 Å². The minimum Gasteiger partial charge on any atom is -0.310 e. The molecule has 3 rings (SSSR count). The van der Waals surface area contributed by atoms with Gasteiger partial charge in [0.25, 0.3) is 0 Å². The summed E-state index contributed by atoms with van der Waals surface area (Å²) in [6, 6.07) is 2.08. The summed E-state index contributed by atoms with van der Waals surface area (Å²) in [6.07, 6.45) is 10.7. The number of hydrogen-bond acceptors (Lipinski definition) is 4. The number of likely N-dealkylation sites (tertiary alicyclic amines) is 2. The van der Waals surface area contributed by atoms with Crippen LogP contribution in [0.15, 0.2) is 12.3 Å². The van der Waals surface area contributed by atoms with Crippen molar-refractivity contribution < 1.29 is 4.79 Å². The van der Waals surface area contributed by atoms with E-state index in [0.29, 0.717) is 0 Å². The molecule has 6 nitrogen and oxygen atoms in total. The second-order valence-corrected chi connectivity index (χ2v) is 8.78. The molecule has 0 spiro atoms. The molecule has 0 bridgehead atoms. The van der Waals surface area contributed by atoms with Crippen molar-refractivity contribution in [3.63, 3.8) is 0 Å². The van der Waals surface area contributed by atoms with Crippen LogP contribution < -0.4 is 5.32 Å². The van der Waals surface area contributed by atoms with Crippen molar-refractivity contribution in [3.05, 3.63) is 12.3 Å². The molecule has 3 heterocycles. The standard InChI is InChI=1S/C22H39N5O/c1-4-18(2)27-21(9-12-23-27)24-22(28)19(3)26-15-10-20(11-16-26)17-25-13-7-5-6-8-14-25/h9,12,18-20H,4-8,10-11,13-17H2,1-3H3,(H,24,28)/t18-,19+/m0/s1. The first-order valence-electron chi connectivity index (χ1n) is 11.4. The van der Waals surface area contributed by atoms with E-state index in [4.69, 9.17) is 0 Å². The minimum absolute atomic E-state index is 0.0796. The van der Waals surface area contributed by atoms with Crippen LogP contribution in [0.5, 0.6) is 0 Å². The third-order valence-electron chi connectivity index (χ3n) is 6.72. The molecule has 6 heteroatoms. The van der Waals surface area contributed by atoms with E-state index >= 15 is 0 Å². The summed E-state index contributed by atoms with van der Waals surface area (Å²) in [5, 5.41) is 7.47. The van der Waals surface area contributed by atoms with Gasteiger partial charge in [-0.15, -0.1) is 0 Å². The van der Waals surface area contributed by atoms with Crippen LogP contribution >= 0.6 is 0 Å². The first-order valence-corrected chi connectivity index (χ1v) is 11.4. The maximum Gasteiger partial charge on any atom is 0.242 e. The fraction of sp³-hybridized carbons (Fsp3) is 0.818. The molecular formula is C22H39N5O. The Bertz CT molecular complexity index is 600. The van der Waals surface area contributed by atoms with Crippen molar-refractivity contribution in [3.8, 4) is 0 Å². The van der Waals surface area contributed by atoms with E-state index in [1.54, 1.807) is 6.20 Å². The van der Waals surface area contributed by atoms with Gasteiger partial charge in [0.05, 0.1) is 18.3 Å². The second kappa shape index (κ2) is 10.4. The van der Waals surface area contributed by atoms with E-state index < -0.39 is 0 Å². The maximum absolute atomic E-state index is 12.8. The van der Waals surface area contributed by atoms with Crippen molar-refractivity contribution in [2.75, 3.05) is 38.0 Å². The predicted octanol–water partition coefficient (Wildman–Crippen LogP) is 3.77. The SMILES string of the molecule is CC[C@H](C)n1nccc1NC(=O)[C@@H](C)N1CCC(CN2CCCCCC2)CC1. The molecule has 2 aliphatic rings. The lowest BCUT2D eigenvalue weighted by Crippen LogP contribution is -2.47. The number of carbonyl (C=O) groups excluding carboxylic acids is 1. The summed E-state index contributed by atoms with van der Waals surface area (Å²) in [6.45, 7) is 12.2. The Morgan fingerprint density at radius 2 is 1.82 bits per heavy atom. The zero-order valence-corrected chi connectivity index (χ0v) is 18.1. The van der Waals surface area contributed by atoms with Crippen LogP contribution in [0.3, 0.4) is 0 Å². The largest absolute Gasteiger partial charge is 0.310 e. The number of piperidine rings is 1. The zero-order valence-electron chi connectivity index (χ0n) is 18.1. The molecule has 0 saturated carbocycles. The van der Waals surface area contributed by atoms with Crippen molar-refractivity contribution >= 4 is 11.7 Å². The number of nitrogens with zero attached hydrogens (tertiary/aromatic N) is 4. The van der Waals surface area contributed by atoms with E-state index in [-0.39, 0.29) is 18.0 Å². The predicted molar refractivity (Wildman–Crippen MR) is 115 cm³/mol. The smallest absolute Gasteiger partial charge is 0.242 e. The number of rotatable bonds is 7. The summed E-state index contributed by atoms with van der Waals surface area (Å²) in [4.78, 5) is 17.8. The number of amides is 1. The Balaban J connectivity index is 1.46. The van der Waals surface area contributed by atoms with Crippen LogP contribution in [0, 0.1) is 5.92 Å². The summed E-state index contributed by atoms with van der Waals surface area (Å²) < 4.78 is 1.91. The maximum atomic E-state index is 12.8. The van der Waals surface area contributed by atoms with Gasteiger partial charge in [-0.2, -0.15) is 5.10 Å². The van der Waals surface area contributed by atoms with Gasteiger partial charge in [-0.25, -0.2) is 4.68 Å². The van der Waals surface area contributed by atoms with E-state index in [9.17, 15) is 4.79 Å². The average Bonchev–Trinajstić information content (AvgIpc) is 3.02. The van der Waals surface area contributed by atoms with Crippen LogP contribution in [0.2, 0.25) is 0 Å². The lowest BCUT2D eigenvalue weighted by Gasteiger charge is -2.37. The van der Waals surface area contributed by atoms with Crippen molar-refractivity contribution in [2.24, 2.45) is 5.92 Å². The van der Waals surface area contributed by atoms with E-state index in [0.717, 1.165) is 31.2 Å². The van der Waals surface area contributed by atoms with Gasteiger partial charge in [0.2, 0.25) is 5.91 Å². The van der Waals surface area contributed by atoms with Crippen molar-refractivity contribution in [2.45, 2.75) is 77.8 Å². The van der Waals surface area contributed by atoms with Crippen LogP contribution in [0.25, 0.3) is 0 Å². The van der Waals surface area contributed by atoms with E-state index in [1.165, 1.54) is 58.2 Å². The zero-order chi connectivity index (χ0) is 19.9. The second-order valence-electron chi connectivity index (χ2n) is 8.78. The van der Waals surface area contributed by atoms with Crippen LogP contribution in [-0.2, 0) is 4.79 Å². The summed E-state index contributed by atoms with van der Waals surface area (Å²) in [7, 11) is 0. The molecule has 1 aromatic rings. The lowest BCUT2D eigenvalue weighted by atomic mass is 9.95. The van der Waals surface area contributed by atoms with E-state index in [1.807, 2.05) is 17.7 Å². The fourth-order valence-electron chi connectivity index (χ4n) is 4.54. The molecule has 28 heavy (non-hydrogen) atoms. The highest BCUT2D eigenvalue weighted by molar-refractivity contribution is 5.93. The molecular weight excluding hydrogens is 350 g/mol. The van der Waals surface area contributed by atoms with Crippen LogP contribution in [-0.4, -0.2) is 64.3 Å². The Morgan fingerprint density at radius 3 is 2.46 bits per heavy atom. The first-order chi connectivity index (χ1) is 13.6. The molecule has 0 aliphatic carbocycles. The highest BCUT2D eigenvalue weighted by Gasteiger charge is 2.28. The Labute approximate surface area is 170 Å². The van der Waals surface area contributed by atoms with Gasteiger partial charge >= 0.3 is 0 Å². The molecule has 0 radical (unpaired) electrons. The molecule has 1 amide bonds. The Morgan fingerprint density at radius 1 is 1.14 bits per heavy atom. The highest BCUT2D eigenvalue weighted by atomic mass is 16.2. The average molecular weight is 390 g/mol. The topological polar surface area (TPSA) is 53.4 Å². The van der Waals surface area contributed by atoms with Crippen molar-refractivity contribution in [1.29, 1.82) is 0 Å². The highest BCUT2D eigenvalue weighted by Crippen LogP contribution is 2.23. The Hall–Kier alpha value is -1.40. The molecule has 1 N–H and O–H groups in total. The number of aromatic nitrogens is 2. The molecule has 1 aromatic heterocycles. The third kappa shape index (κ3) is 5.57. The van der Waals surface area contributed by atoms with Crippen LogP contribution in [0.1, 0.15) is 71.8 Å². The number of hydrogen-bond donors (Lipinski definition) is 1. The quantitative estimate of drug-likeness (QED) is 0.771. The number of anilines is 1. The Kier molecular flexibility index (Phi) is 7.91. The fourth-order valence-corrected chi connectivity index (χ4v) is 4.54. The molecule has 0 unspecified atom stereocenters. The van der Waals surface area contributed by atoms with Gasteiger partial charge in [0, 0.05) is 12.6 Å². The minimum atomic E-state index is -0.0978. The summed E-state index contributed by atoms with van der Waals surface area (Å²) in [5.41, 5.74) is 0. The molecule has 2 atom stereocenters. The normalized spacial score (nSPS) is 22.5. The number of carbonyl (C=O) groups is 1. The lowest BCUT2D eigenvalue weighted by molar-refractivity contribution is -0.121. The molecule has 0 aromatic carbocycles. The molecule has 2 saturated heterocycles. The monoisotopic (exact) mass is 389 g/mol. The van der Waals surface area contributed by atoms with Gasteiger partial charge in [-0.3, -0.25) is 9.69 Å². The van der Waals surface area contributed by atoms with Gasteiger partial charge in [-0.1, -0.05) is 19.8 Å². The van der Waals surface area contributed by atoms with Gasteiger partial charge in [-0.05, 0) is 78.0 Å². The van der Waals surface area contributed by atoms with Gasteiger partial charge in [0.15, 0.2) is 0 Å². The molecule has 2 fully saturated rings. The molecule has 158 valence electrons. The third-order valence-corrected chi connectivity index (χ3v) is 6.72. The summed E-state index contributed by atoms with van der Waals surface area (Å²) >= 11 is 0. The summed E-state index contributed by atoms with van der Waals surface area (Å²) in [5.74, 6) is 1.68. The van der Waals surface area contributed by atoms with Gasteiger partial charge < -0.3 is 10.2 Å². The first kappa shape index (κ1) is 21.3.